The lowest BCUT2D eigenvalue weighted by Crippen LogP contribution is -2.06. The zero-order valence-electron chi connectivity index (χ0n) is 16.8. The first-order valence-corrected chi connectivity index (χ1v) is 10.0. The number of hydrogen-bond donors (Lipinski definition) is 0. The number of ether oxygens (including phenoxy) is 1. The van der Waals surface area contributed by atoms with Gasteiger partial charge >= 0.3 is 6.61 Å². The molecule has 0 aliphatic carbocycles. The molecule has 4 rings (SSSR count). The van der Waals surface area contributed by atoms with Crippen LogP contribution in [0.4, 0.5) is 17.6 Å². The highest BCUT2D eigenvalue weighted by atomic mass is 19.3. The highest BCUT2D eigenvalue weighted by Gasteiger charge is 2.17. The zero-order chi connectivity index (χ0) is 22.0. The quantitative estimate of drug-likeness (QED) is 0.285. The Morgan fingerprint density at radius 1 is 0.677 bits per heavy atom. The molecule has 0 saturated heterocycles. The van der Waals surface area contributed by atoms with E-state index in [1.807, 2.05) is 18.2 Å². The molecule has 158 valence electrons. The van der Waals surface area contributed by atoms with E-state index in [9.17, 15) is 17.6 Å². The summed E-state index contributed by atoms with van der Waals surface area (Å²) in [6.07, 6.45) is 2.15. The summed E-state index contributed by atoms with van der Waals surface area (Å²) in [4.78, 5) is 0. The van der Waals surface area contributed by atoms with Crippen molar-refractivity contribution in [3.05, 3.63) is 90.0 Å². The molecule has 4 aromatic carbocycles. The molecule has 0 fully saturated rings. The van der Waals surface area contributed by atoms with Gasteiger partial charge < -0.3 is 4.74 Å². The highest BCUT2D eigenvalue weighted by Crippen LogP contribution is 2.32. The Labute approximate surface area is 177 Å². The molecule has 0 saturated carbocycles. The van der Waals surface area contributed by atoms with Crippen molar-refractivity contribution in [1.29, 1.82) is 0 Å². The fraction of sp³-hybridized carbons (Fsp3) is 0.154. The first kappa shape index (κ1) is 20.9. The minimum Gasteiger partial charge on any atom is -0.429 e. The van der Waals surface area contributed by atoms with E-state index < -0.39 is 24.0 Å². The zero-order valence-corrected chi connectivity index (χ0v) is 16.8. The van der Waals surface area contributed by atoms with Gasteiger partial charge in [0, 0.05) is 0 Å². The molecule has 5 heteroatoms. The minimum atomic E-state index is -3.30. The van der Waals surface area contributed by atoms with Crippen molar-refractivity contribution in [3.8, 4) is 28.0 Å². The summed E-state index contributed by atoms with van der Waals surface area (Å²) in [6, 6.07) is 21.9. The van der Waals surface area contributed by atoms with Crippen LogP contribution < -0.4 is 4.74 Å². The number of hydrogen-bond acceptors (Lipinski definition) is 1. The molecule has 0 aromatic heterocycles. The Bertz CT molecular complexity index is 1190. The van der Waals surface area contributed by atoms with Gasteiger partial charge in [0.1, 0.15) is 0 Å². The normalized spacial score (nSPS) is 11.3. The van der Waals surface area contributed by atoms with E-state index >= 15 is 0 Å². The fourth-order valence-corrected chi connectivity index (χ4v) is 3.70. The second kappa shape index (κ2) is 8.80. The summed E-state index contributed by atoms with van der Waals surface area (Å²) >= 11 is 0. The molecule has 0 radical (unpaired) electrons. The number of halogens is 4. The van der Waals surface area contributed by atoms with Crippen LogP contribution in [-0.2, 0) is 6.42 Å². The maximum absolute atomic E-state index is 14.0. The molecule has 0 aliphatic heterocycles. The van der Waals surface area contributed by atoms with E-state index in [1.165, 1.54) is 10.9 Å². The smallest absolute Gasteiger partial charge is 0.387 e. The summed E-state index contributed by atoms with van der Waals surface area (Å²) in [6.45, 7) is -1.14. The van der Waals surface area contributed by atoms with Gasteiger partial charge in [-0.1, -0.05) is 67.9 Å². The molecular weight excluding hydrogens is 404 g/mol. The standard InChI is InChI=1S/C26H20F4O/c1-2-3-16-4-5-21-13-20(11-10-19(21)12-16)17-6-8-18(9-7-17)22-14-23(27)25(24(28)15-22)31-26(29)30/h4-15,26H,2-3H2,1H3. The van der Waals surface area contributed by atoms with Crippen molar-refractivity contribution in [1.82, 2.24) is 0 Å². The summed E-state index contributed by atoms with van der Waals surface area (Å²) in [5.41, 5.74) is 4.11. The number of benzene rings is 4. The summed E-state index contributed by atoms with van der Waals surface area (Å²) < 4.78 is 56.6. The Morgan fingerprint density at radius 3 is 1.84 bits per heavy atom. The molecule has 0 heterocycles. The maximum Gasteiger partial charge on any atom is 0.387 e. The Hall–Kier alpha value is -3.34. The van der Waals surface area contributed by atoms with Crippen molar-refractivity contribution in [3.63, 3.8) is 0 Å². The average molecular weight is 424 g/mol. The van der Waals surface area contributed by atoms with Crippen LogP contribution in [0.15, 0.2) is 72.8 Å². The first-order chi connectivity index (χ1) is 14.9. The van der Waals surface area contributed by atoms with Crippen LogP contribution in [0, 0.1) is 11.6 Å². The van der Waals surface area contributed by atoms with Crippen LogP contribution in [0.1, 0.15) is 18.9 Å². The van der Waals surface area contributed by atoms with Crippen LogP contribution in [0.3, 0.4) is 0 Å². The van der Waals surface area contributed by atoms with Crippen LogP contribution >= 0.6 is 0 Å². The molecule has 0 atom stereocenters. The number of fused-ring (bicyclic) bond motifs is 1. The van der Waals surface area contributed by atoms with Gasteiger partial charge in [0.15, 0.2) is 17.4 Å². The lowest BCUT2D eigenvalue weighted by atomic mass is 9.97. The Kier molecular flexibility index (Phi) is 5.94. The lowest BCUT2D eigenvalue weighted by Gasteiger charge is -2.10. The molecule has 0 aliphatic rings. The highest BCUT2D eigenvalue weighted by molar-refractivity contribution is 5.88. The van der Waals surface area contributed by atoms with Crippen LogP contribution in [0.2, 0.25) is 0 Å². The van der Waals surface area contributed by atoms with Crippen LogP contribution in [0.5, 0.6) is 5.75 Å². The van der Waals surface area contributed by atoms with Gasteiger partial charge in [-0.05, 0) is 63.2 Å². The topological polar surface area (TPSA) is 9.23 Å². The van der Waals surface area contributed by atoms with Crippen molar-refractivity contribution >= 4 is 10.8 Å². The van der Waals surface area contributed by atoms with Crippen molar-refractivity contribution in [2.24, 2.45) is 0 Å². The molecule has 0 N–H and O–H groups in total. The maximum atomic E-state index is 14.0. The van der Waals surface area contributed by atoms with Crippen molar-refractivity contribution in [2.75, 3.05) is 0 Å². The molecule has 31 heavy (non-hydrogen) atoms. The van der Waals surface area contributed by atoms with Crippen molar-refractivity contribution < 1.29 is 22.3 Å². The van der Waals surface area contributed by atoms with Gasteiger partial charge in [-0.15, -0.1) is 0 Å². The van der Waals surface area contributed by atoms with Crippen molar-refractivity contribution in [2.45, 2.75) is 26.4 Å². The summed E-state index contributed by atoms with van der Waals surface area (Å²) in [5, 5.41) is 2.32. The molecule has 0 amide bonds. The fourth-order valence-electron chi connectivity index (χ4n) is 3.70. The van der Waals surface area contributed by atoms with E-state index in [2.05, 4.69) is 42.0 Å². The first-order valence-electron chi connectivity index (χ1n) is 10.0. The van der Waals surface area contributed by atoms with Crippen LogP contribution in [-0.4, -0.2) is 6.61 Å². The minimum absolute atomic E-state index is 0.241. The Morgan fingerprint density at radius 2 is 1.23 bits per heavy atom. The third-order valence-electron chi connectivity index (χ3n) is 5.20. The molecular formula is C26H20F4O. The van der Waals surface area contributed by atoms with Gasteiger partial charge in [0.25, 0.3) is 0 Å². The SMILES string of the molecule is CCCc1ccc2cc(-c3ccc(-c4cc(F)c(OC(F)F)c(F)c4)cc3)ccc2c1. The Balaban J connectivity index is 1.61. The number of alkyl halides is 2. The van der Waals surface area contributed by atoms with Gasteiger partial charge in [-0.25, -0.2) is 8.78 Å². The number of rotatable bonds is 6. The molecule has 0 spiro atoms. The summed E-state index contributed by atoms with van der Waals surface area (Å²) in [5.74, 6) is -3.42. The second-order valence-electron chi connectivity index (χ2n) is 7.37. The average Bonchev–Trinajstić information content (AvgIpc) is 2.76. The molecule has 1 nitrogen and oxygen atoms in total. The van der Waals surface area contributed by atoms with E-state index in [0.29, 0.717) is 5.56 Å². The second-order valence-corrected chi connectivity index (χ2v) is 7.37. The summed E-state index contributed by atoms with van der Waals surface area (Å²) in [7, 11) is 0. The van der Waals surface area contributed by atoms with Gasteiger partial charge in [-0.3, -0.25) is 0 Å². The monoisotopic (exact) mass is 424 g/mol. The molecule has 4 aromatic rings. The largest absolute Gasteiger partial charge is 0.429 e. The predicted molar refractivity (Wildman–Crippen MR) is 115 cm³/mol. The van der Waals surface area contributed by atoms with E-state index in [0.717, 1.165) is 41.5 Å². The molecule has 0 bridgehead atoms. The van der Waals surface area contributed by atoms with Gasteiger partial charge in [0.05, 0.1) is 0 Å². The predicted octanol–water partition coefficient (Wildman–Crippen LogP) is 8.01. The molecule has 0 unspecified atom stereocenters. The van der Waals surface area contributed by atoms with Gasteiger partial charge in [-0.2, -0.15) is 8.78 Å². The third-order valence-corrected chi connectivity index (χ3v) is 5.20. The van der Waals surface area contributed by atoms with E-state index in [4.69, 9.17) is 0 Å². The van der Waals surface area contributed by atoms with Gasteiger partial charge in [0.2, 0.25) is 0 Å². The van der Waals surface area contributed by atoms with E-state index in [-0.39, 0.29) is 5.56 Å². The van der Waals surface area contributed by atoms with E-state index in [1.54, 1.807) is 12.1 Å². The van der Waals surface area contributed by atoms with Crippen LogP contribution in [0.25, 0.3) is 33.0 Å². The lowest BCUT2D eigenvalue weighted by molar-refractivity contribution is -0.0546. The third kappa shape index (κ3) is 4.55. The number of aryl methyl sites for hydroxylation is 1.